The second-order valence-corrected chi connectivity index (χ2v) is 7.30. The Labute approximate surface area is 176 Å². The predicted molar refractivity (Wildman–Crippen MR) is 117 cm³/mol. The fourth-order valence-electron chi connectivity index (χ4n) is 2.70. The Morgan fingerprint density at radius 2 is 1.54 bits per heavy atom. The van der Waals surface area contributed by atoms with Gasteiger partial charge in [-0.1, -0.05) is 53.0 Å². The highest BCUT2D eigenvalue weighted by Crippen LogP contribution is 2.34. The van der Waals surface area contributed by atoms with E-state index in [9.17, 15) is 0 Å². The van der Waals surface area contributed by atoms with E-state index in [1.165, 1.54) is 5.56 Å². The fourth-order valence-corrected chi connectivity index (χ4v) is 3.05. The Morgan fingerprint density at radius 3 is 2.21 bits per heavy atom. The molecule has 0 radical (unpaired) electrons. The topological polar surface area (TPSA) is 30.5 Å². The van der Waals surface area contributed by atoms with Crippen LogP contribution in [0.15, 0.2) is 60.7 Å². The van der Waals surface area contributed by atoms with E-state index >= 15 is 0 Å². The summed E-state index contributed by atoms with van der Waals surface area (Å²) in [5.41, 5.74) is 4.22. The number of anilines is 1. The van der Waals surface area contributed by atoms with Crippen molar-refractivity contribution in [3.8, 4) is 11.5 Å². The quantitative estimate of drug-likeness (QED) is 0.434. The van der Waals surface area contributed by atoms with Gasteiger partial charge in [-0.05, 0) is 55.3 Å². The third kappa shape index (κ3) is 5.57. The Bertz CT molecular complexity index is 909. The first-order valence-electron chi connectivity index (χ1n) is 9.18. The maximum absolute atomic E-state index is 6.50. The molecule has 0 unspecified atom stereocenters. The van der Waals surface area contributed by atoms with Crippen molar-refractivity contribution in [2.24, 2.45) is 0 Å². The summed E-state index contributed by atoms with van der Waals surface area (Å²) in [6.45, 7) is 5.59. The van der Waals surface area contributed by atoms with Crippen LogP contribution in [0.4, 0.5) is 5.69 Å². The summed E-state index contributed by atoms with van der Waals surface area (Å²) in [6, 6.07) is 19.6. The summed E-state index contributed by atoms with van der Waals surface area (Å²) >= 11 is 12.4. The molecule has 3 aromatic rings. The summed E-state index contributed by atoms with van der Waals surface area (Å²) in [4.78, 5) is 0. The van der Waals surface area contributed by atoms with Crippen molar-refractivity contribution in [3.05, 3.63) is 87.4 Å². The molecule has 1 N–H and O–H groups in total. The van der Waals surface area contributed by atoms with E-state index in [1.807, 2.05) is 43.3 Å². The van der Waals surface area contributed by atoms with E-state index in [-0.39, 0.29) is 0 Å². The van der Waals surface area contributed by atoms with Crippen molar-refractivity contribution in [1.29, 1.82) is 0 Å². The lowest BCUT2D eigenvalue weighted by molar-refractivity contribution is 0.269. The molecule has 0 aliphatic rings. The number of nitrogens with one attached hydrogen (secondary N) is 1. The lowest BCUT2D eigenvalue weighted by Gasteiger charge is -2.16. The van der Waals surface area contributed by atoms with Crippen molar-refractivity contribution < 1.29 is 9.47 Å². The fraction of sp³-hybridized carbons (Fsp3) is 0.217. The minimum atomic E-state index is 0.457. The third-order valence-electron chi connectivity index (χ3n) is 4.25. The first-order valence-corrected chi connectivity index (χ1v) is 9.93. The maximum atomic E-state index is 6.50. The summed E-state index contributed by atoms with van der Waals surface area (Å²) < 4.78 is 11.8. The van der Waals surface area contributed by atoms with Gasteiger partial charge >= 0.3 is 0 Å². The molecule has 0 heterocycles. The van der Waals surface area contributed by atoms with Gasteiger partial charge in [0, 0.05) is 28.3 Å². The van der Waals surface area contributed by atoms with E-state index in [2.05, 4.69) is 36.5 Å². The molecule has 0 aliphatic carbocycles. The van der Waals surface area contributed by atoms with Crippen LogP contribution in [0.3, 0.4) is 0 Å². The molecule has 5 heteroatoms. The molecule has 0 aliphatic heterocycles. The highest BCUT2D eigenvalue weighted by molar-refractivity contribution is 6.31. The molecule has 3 nitrogen and oxygen atoms in total. The molecule has 0 saturated heterocycles. The lowest BCUT2D eigenvalue weighted by Crippen LogP contribution is -2.04. The smallest absolute Gasteiger partial charge is 0.163 e. The van der Waals surface area contributed by atoms with Crippen LogP contribution < -0.4 is 14.8 Å². The van der Waals surface area contributed by atoms with Crippen molar-refractivity contribution in [3.63, 3.8) is 0 Å². The molecule has 0 amide bonds. The molecular formula is C23H23Cl2NO2. The Hall–Kier alpha value is -2.36. The first kappa shape index (κ1) is 20.4. The molecule has 146 valence electrons. The Morgan fingerprint density at radius 1 is 0.857 bits per heavy atom. The van der Waals surface area contributed by atoms with Gasteiger partial charge in [0.25, 0.3) is 0 Å². The van der Waals surface area contributed by atoms with Crippen molar-refractivity contribution in [2.45, 2.75) is 27.0 Å². The summed E-state index contributed by atoms with van der Waals surface area (Å²) in [6.07, 6.45) is 0. The van der Waals surface area contributed by atoms with E-state index < -0.39 is 0 Å². The number of hydrogen-bond donors (Lipinski definition) is 1. The molecule has 0 saturated carbocycles. The van der Waals surface area contributed by atoms with Gasteiger partial charge in [0.2, 0.25) is 0 Å². The highest BCUT2D eigenvalue weighted by Gasteiger charge is 2.12. The minimum absolute atomic E-state index is 0.457. The van der Waals surface area contributed by atoms with Gasteiger partial charge in [-0.25, -0.2) is 0 Å². The molecule has 0 atom stereocenters. The molecule has 0 aromatic heterocycles. The van der Waals surface area contributed by atoms with Crippen LogP contribution in [0.25, 0.3) is 0 Å². The van der Waals surface area contributed by atoms with Crippen LogP contribution in [-0.4, -0.2) is 6.61 Å². The molecular weight excluding hydrogens is 393 g/mol. The van der Waals surface area contributed by atoms with Crippen molar-refractivity contribution >= 4 is 28.9 Å². The Kier molecular flexibility index (Phi) is 7.07. The van der Waals surface area contributed by atoms with Crippen LogP contribution >= 0.6 is 23.2 Å². The van der Waals surface area contributed by atoms with Gasteiger partial charge in [0.15, 0.2) is 11.5 Å². The van der Waals surface area contributed by atoms with Gasteiger partial charge in [0.1, 0.15) is 6.61 Å². The number of hydrogen-bond acceptors (Lipinski definition) is 3. The van der Waals surface area contributed by atoms with E-state index in [0.29, 0.717) is 41.3 Å². The van der Waals surface area contributed by atoms with Crippen LogP contribution in [0.5, 0.6) is 11.5 Å². The SMILES string of the molecule is CCOc1cc(CNc2ccc(Cl)cc2)c(Cl)cc1OCc1ccc(C)cc1. The van der Waals surface area contributed by atoms with Crippen molar-refractivity contribution in [2.75, 3.05) is 11.9 Å². The number of benzene rings is 3. The van der Waals surface area contributed by atoms with Crippen LogP contribution in [0.2, 0.25) is 10.0 Å². The standard InChI is InChI=1S/C23H23Cl2NO2/c1-3-27-22-12-18(14-26-20-10-8-19(24)9-11-20)21(25)13-23(22)28-15-17-6-4-16(2)5-7-17/h4-13,26H,3,14-15H2,1-2H3. The molecule has 3 rings (SSSR count). The minimum Gasteiger partial charge on any atom is -0.490 e. The molecule has 28 heavy (non-hydrogen) atoms. The van der Waals surface area contributed by atoms with Crippen LogP contribution in [-0.2, 0) is 13.2 Å². The number of rotatable bonds is 8. The van der Waals surface area contributed by atoms with Crippen molar-refractivity contribution in [1.82, 2.24) is 0 Å². The largest absolute Gasteiger partial charge is 0.490 e. The van der Waals surface area contributed by atoms with E-state index in [1.54, 1.807) is 0 Å². The number of aryl methyl sites for hydroxylation is 1. The van der Waals surface area contributed by atoms with E-state index in [0.717, 1.165) is 16.8 Å². The van der Waals surface area contributed by atoms with Crippen LogP contribution in [0, 0.1) is 6.92 Å². The monoisotopic (exact) mass is 415 g/mol. The predicted octanol–water partition coefficient (Wildman–Crippen LogP) is 6.89. The van der Waals surface area contributed by atoms with Gasteiger partial charge in [-0.2, -0.15) is 0 Å². The zero-order chi connectivity index (χ0) is 19.9. The summed E-state index contributed by atoms with van der Waals surface area (Å²) in [5, 5.41) is 4.68. The number of halogens is 2. The van der Waals surface area contributed by atoms with Crippen LogP contribution in [0.1, 0.15) is 23.6 Å². The second-order valence-electron chi connectivity index (χ2n) is 6.46. The zero-order valence-electron chi connectivity index (χ0n) is 16.0. The summed E-state index contributed by atoms with van der Waals surface area (Å²) in [5.74, 6) is 1.33. The van der Waals surface area contributed by atoms with E-state index in [4.69, 9.17) is 32.7 Å². The number of ether oxygens (including phenoxy) is 2. The van der Waals surface area contributed by atoms with Gasteiger partial charge < -0.3 is 14.8 Å². The lowest BCUT2D eigenvalue weighted by atomic mass is 10.1. The van der Waals surface area contributed by atoms with Gasteiger partial charge in [-0.15, -0.1) is 0 Å². The average molecular weight is 416 g/mol. The maximum Gasteiger partial charge on any atom is 0.163 e. The molecule has 0 fully saturated rings. The molecule has 3 aromatic carbocycles. The highest BCUT2D eigenvalue weighted by atomic mass is 35.5. The first-order chi connectivity index (χ1) is 13.5. The molecule has 0 spiro atoms. The van der Waals surface area contributed by atoms with Gasteiger partial charge in [-0.3, -0.25) is 0 Å². The zero-order valence-corrected chi connectivity index (χ0v) is 17.5. The van der Waals surface area contributed by atoms with Gasteiger partial charge in [0.05, 0.1) is 6.61 Å². The molecule has 0 bridgehead atoms. The normalized spacial score (nSPS) is 10.6. The third-order valence-corrected chi connectivity index (χ3v) is 4.86. The average Bonchev–Trinajstić information content (AvgIpc) is 2.69. The summed E-state index contributed by atoms with van der Waals surface area (Å²) in [7, 11) is 0. The Balaban J connectivity index is 1.72. The second kappa shape index (κ2) is 9.72.